The van der Waals surface area contributed by atoms with Crippen LogP contribution in [0.1, 0.15) is 22.0 Å². The Morgan fingerprint density at radius 2 is 1.55 bits per heavy atom. The van der Waals surface area contributed by atoms with Crippen molar-refractivity contribution in [1.29, 1.82) is 0 Å². The van der Waals surface area contributed by atoms with Crippen LogP contribution in [0.2, 0.25) is 0 Å². The molecule has 29 heavy (non-hydrogen) atoms. The van der Waals surface area contributed by atoms with E-state index in [4.69, 9.17) is 23.7 Å². The summed E-state index contributed by atoms with van der Waals surface area (Å²) < 4.78 is 27.1. The van der Waals surface area contributed by atoms with Crippen molar-refractivity contribution in [3.63, 3.8) is 0 Å². The molecule has 0 spiro atoms. The Bertz CT molecular complexity index is 912. The third kappa shape index (κ3) is 3.68. The maximum absolute atomic E-state index is 12.8. The minimum atomic E-state index is -0.151. The summed E-state index contributed by atoms with van der Waals surface area (Å²) in [5.74, 6) is 2.59. The number of morpholine rings is 1. The molecule has 1 fully saturated rings. The third-order valence-electron chi connectivity index (χ3n) is 5.36. The second-order valence-electron chi connectivity index (χ2n) is 7.05. The van der Waals surface area contributed by atoms with Crippen molar-refractivity contribution >= 4 is 5.91 Å². The van der Waals surface area contributed by atoms with Crippen LogP contribution in [0.3, 0.4) is 0 Å². The van der Waals surface area contributed by atoms with Gasteiger partial charge in [0.15, 0.2) is 23.0 Å². The van der Waals surface area contributed by atoms with Crippen LogP contribution in [0, 0.1) is 0 Å². The summed E-state index contributed by atoms with van der Waals surface area (Å²) in [6.45, 7) is 3.85. The van der Waals surface area contributed by atoms with E-state index in [1.807, 2.05) is 18.2 Å². The molecule has 152 valence electrons. The van der Waals surface area contributed by atoms with Crippen molar-refractivity contribution in [1.82, 2.24) is 10.2 Å². The summed E-state index contributed by atoms with van der Waals surface area (Å²) in [7, 11) is 0. The number of nitrogens with zero attached hydrogens (tertiary/aromatic N) is 1. The summed E-state index contributed by atoms with van der Waals surface area (Å²) >= 11 is 0. The fraction of sp³-hybridized carbons (Fsp3) is 0.381. The molecule has 3 heterocycles. The number of carbonyl (C=O) groups is 1. The fourth-order valence-corrected chi connectivity index (χ4v) is 3.80. The van der Waals surface area contributed by atoms with E-state index >= 15 is 0 Å². The van der Waals surface area contributed by atoms with E-state index in [1.165, 1.54) is 0 Å². The lowest BCUT2D eigenvalue weighted by atomic mass is 10.0. The van der Waals surface area contributed by atoms with E-state index in [1.54, 1.807) is 18.2 Å². The number of hydrogen-bond acceptors (Lipinski definition) is 7. The van der Waals surface area contributed by atoms with Gasteiger partial charge in [-0.05, 0) is 35.9 Å². The Morgan fingerprint density at radius 1 is 0.897 bits per heavy atom. The van der Waals surface area contributed by atoms with Gasteiger partial charge in [-0.1, -0.05) is 6.07 Å². The summed E-state index contributed by atoms with van der Waals surface area (Å²) in [6.07, 6.45) is 0. The molecule has 3 aliphatic rings. The molecule has 2 aromatic rings. The van der Waals surface area contributed by atoms with Crippen molar-refractivity contribution in [2.75, 3.05) is 46.4 Å². The lowest BCUT2D eigenvalue weighted by molar-refractivity contribution is 0.0162. The van der Waals surface area contributed by atoms with Crippen LogP contribution in [0.15, 0.2) is 36.4 Å². The molecular weight excluding hydrogens is 376 g/mol. The summed E-state index contributed by atoms with van der Waals surface area (Å²) in [5.41, 5.74) is 1.61. The van der Waals surface area contributed by atoms with Crippen molar-refractivity contribution in [2.45, 2.75) is 6.04 Å². The summed E-state index contributed by atoms with van der Waals surface area (Å²) in [4.78, 5) is 15.1. The van der Waals surface area contributed by atoms with Crippen molar-refractivity contribution in [3.05, 3.63) is 47.5 Å². The van der Waals surface area contributed by atoms with Gasteiger partial charge >= 0.3 is 0 Å². The number of carbonyl (C=O) groups excluding carboxylic acids is 1. The number of rotatable bonds is 5. The molecule has 0 unspecified atom stereocenters. The van der Waals surface area contributed by atoms with Crippen LogP contribution in [0.25, 0.3) is 0 Å². The van der Waals surface area contributed by atoms with Gasteiger partial charge in [-0.3, -0.25) is 9.69 Å². The van der Waals surface area contributed by atoms with Gasteiger partial charge in [0.2, 0.25) is 13.6 Å². The molecule has 8 nitrogen and oxygen atoms in total. The topological polar surface area (TPSA) is 78.5 Å². The molecule has 1 N–H and O–H groups in total. The van der Waals surface area contributed by atoms with Crippen molar-refractivity contribution in [2.24, 2.45) is 0 Å². The van der Waals surface area contributed by atoms with E-state index in [0.717, 1.165) is 30.2 Å². The smallest absolute Gasteiger partial charge is 0.251 e. The fourth-order valence-electron chi connectivity index (χ4n) is 3.80. The minimum Gasteiger partial charge on any atom is -0.454 e. The van der Waals surface area contributed by atoms with Gasteiger partial charge in [-0.25, -0.2) is 0 Å². The largest absolute Gasteiger partial charge is 0.454 e. The summed E-state index contributed by atoms with van der Waals surface area (Å²) in [6, 6.07) is 11.2. The molecule has 0 aromatic heterocycles. The highest BCUT2D eigenvalue weighted by Gasteiger charge is 2.26. The zero-order chi connectivity index (χ0) is 19.6. The standard InChI is InChI=1S/C21H22N2O6/c24-21(15-2-4-18-20(10-15)29-13-27-18)22-11-16(23-5-7-25-8-6-23)14-1-3-17-19(9-14)28-12-26-17/h1-4,9-10,16H,5-8,11-13H2,(H,22,24)/t16-/m0/s1. The SMILES string of the molecule is O=C(NC[C@@H](c1ccc2c(c1)OCO2)N1CCOCC1)c1ccc2c(c1)OCO2. The van der Waals surface area contributed by atoms with Crippen LogP contribution in [0.4, 0.5) is 0 Å². The van der Waals surface area contributed by atoms with Crippen molar-refractivity contribution in [3.8, 4) is 23.0 Å². The number of nitrogens with one attached hydrogen (secondary N) is 1. The van der Waals surface area contributed by atoms with Crippen LogP contribution in [-0.2, 0) is 4.74 Å². The number of ether oxygens (including phenoxy) is 5. The average Bonchev–Trinajstić information content (AvgIpc) is 3.42. The van der Waals surface area contributed by atoms with E-state index in [2.05, 4.69) is 10.2 Å². The predicted molar refractivity (Wildman–Crippen MR) is 103 cm³/mol. The maximum atomic E-state index is 12.8. The van der Waals surface area contributed by atoms with Crippen molar-refractivity contribution < 1.29 is 28.5 Å². The van der Waals surface area contributed by atoms with Gasteiger partial charge in [0.05, 0.1) is 19.3 Å². The van der Waals surface area contributed by atoms with E-state index < -0.39 is 0 Å². The van der Waals surface area contributed by atoms with E-state index in [-0.39, 0.29) is 25.5 Å². The molecule has 3 aliphatic heterocycles. The van der Waals surface area contributed by atoms with Gasteiger partial charge in [0.1, 0.15) is 0 Å². The molecule has 0 aliphatic carbocycles. The van der Waals surface area contributed by atoms with Gasteiger partial charge < -0.3 is 29.0 Å². The molecule has 5 rings (SSSR count). The quantitative estimate of drug-likeness (QED) is 0.825. The average molecular weight is 398 g/mol. The Hall–Kier alpha value is -2.97. The third-order valence-corrected chi connectivity index (χ3v) is 5.36. The molecule has 0 saturated carbocycles. The molecule has 1 saturated heterocycles. The zero-order valence-corrected chi connectivity index (χ0v) is 15.9. The highest BCUT2D eigenvalue weighted by atomic mass is 16.7. The number of benzene rings is 2. The second-order valence-corrected chi connectivity index (χ2v) is 7.05. The van der Waals surface area contributed by atoms with Crippen LogP contribution < -0.4 is 24.3 Å². The Kier molecular flexibility index (Phi) is 4.87. The maximum Gasteiger partial charge on any atom is 0.251 e. The van der Waals surface area contributed by atoms with Gasteiger partial charge in [-0.15, -0.1) is 0 Å². The first-order chi connectivity index (χ1) is 14.3. The minimum absolute atomic E-state index is 0.00589. The Morgan fingerprint density at radius 3 is 2.31 bits per heavy atom. The van der Waals surface area contributed by atoms with Gasteiger partial charge in [0.25, 0.3) is 5.91 Å². The number of amides is 1. The highest BCUT2D eigenvalue weighted by Crippen LogP contribution is 2.36. The monoisotopic (exact) mass is 398 g/mol. The molecule has 0 radical (unpaired) electrons. The summed E-state index contributed by atoms with van der Waals surface area (Å²) in [5, 5.41) is 3.06. The van der Waals surface area contributed by atoms with E-state index in [0.29, 0.717) is 36.8 Å². The van der Waals surface area contributed by atoms with E-state index in [9.17, 15) is 4.79 Å². The van der Waals surface area contributed by atoms with Crippen LogP contribution in [-0.4, -0.2) is 57.2 Å². The number of hydrogen-bond donors (Lipinski definition) is 1. The second kappa shape index (κ2) is 7.81. The highest BCUT2D eigenvalue weighted by molar-refractivity contribution is 5.95. The Labute approximate surface area is 168 Å². The lowest BCUT2D eigenvalue weighted by Crippen LogP contribution is -2.43. The zero-order valence-electron chi connectivity index (χ0n) is 15.9. The number of fused-ring (bicyclic) bond motifs is 2. The van der Waals surface area contributed by atoms with Crippen LogP contribution in [0.5, 0.6) is 23.0 Å². The molecule has 0 bridgehead atoms. The molecular formula is C21H22N2O6. The molecule has 8 heteroatoms. The Balaban J connectivity index is 1.33. The lowest BCUT2D eigenvalue weighted by Gasteiger charge is -2.35. The van der Waals surface area contributed by atoms with Crippen LogP contribution >= 0.6 is 0 Å². The molecule has 2 aromatic carbocycles. The first-order valence-electron chi connectivity index (χ1n) is 9.67. The first kappa shape index (κ1) is 18.1. The molecule has 1 amide bonds. The van der Waals surface area contributed by atoms with Gasteiger partial charge in [0, 0.05) is 25.2 Å². The van der Waals surface area contributed by atoms with Gasteiger partial charge in [-0.2, -0.15) is 0 Å². The first-order valence-corrected chi connectivity index (χ1v) is 9.67. The molecule has 1 atom stereocenters. The predicted octanol–water partition coefficient (Wildman–Crippen LogP) is 1.95. The normalized spacial score (nSPS) is 18.5.